The van der Waals surface area contributed by atoms with Crippen molar-refractivity contribution in [2.24, 2.45) is 5.92 Å². The van der Waals surface area contributed by atoms with Gasteiger partial charge in [-0.3, -0.25) is 4.79 Å². The molecule has 18 heavy (non-hydrogen) atoms. The van der Waals surface area contributed by atoms with Gasteiger partial charge in [-0.05, 0) is 46.5 Å². The SMILES string of the molecule is Cc1c(CC(C)C(=O)O)cc(Br)c2c1OCCO2. The van der Waals surface area contributed by atoms with E-state index >= 15 is 0 Å². The van der Waals surface area contributed by atoms with Crippen molar-refractivity contribution >= 4 is 21.9 Å². The van der Waals surface area contributed by atoms with Crippen LogP contribution in [-0.4, -0.2) is 24.3 Å². The first kappa shape index (κ1) is 13.2. The molecular weight excluding hydrogens is 300 g/mol. The summed E-state index contributed by atoms with van der Waals surface area (Å²) in [4.78, 5) is 10.9. The van der Waals surface area contributed by atoms with Crippen molar-refractivity contribution in [1.82, 2.24) is 0 Å². The molecule has 1 aromatic rings. The summed E-state index contributed by atoms with van der Waals surface area (Å²) in [5, 5.41) is 8.97. The molecule has 0 saturated carbocycles. The predicted octanol–water partition coefficient (Wildman–Crippen LogP) is 2.79. The quantitative estimate of drug-likeness (QED) is 0.932. The Bertz CT molecular complexity index is 484. The van der Waals surface area contributed by atoms with Gasteiger partial charge in [-0.25, -0.2) is 0 Å². The number of benzene rings is 1. The van der Waals surface area contributed by atoms with Gasteiger partial charge >= 0.3 is 5.97 Å². The maximum absolute atomic E-state index is 10.9. The molecule has 0 aliphatic carbocycles. The Balaban J connectivity index is 2.37. The molecule has 2 rings (SSSR count). The molecule has 5 heteroatoms. The third-order valence-electron chi connectivity index (χ3n) is 3.07. The van der Waals surface area contributed by atoms with Gasteiger partial charge in [-0.2, -0.15) is 0 Å². The van der Waals surface area contributed by atoms with Crippen molar-refractivity contribution in [3.63, 3.8) is 0 Å². The number of carboxylic acid groups (broad SMARTS) is 1. The fraction of sp³-hybridized carbons (Fsp3) is 0.462. The zero-order chi connectivity index (χ0) is 13.3. The van der Waals surface area contributed by atoms with Gasteiger partial charge in [0.15, 0.2) is 11.5 Å². The highest BCUT2D eigenvalue weighted by molar-refractivity contribution is 9.10. The van der Waals surface area contributed by atoms with E-state index in [-0.39, 0.29) is 0 Å². The monoisotopic (exact) mass is 314 g/mol. The zero-order valence-electron chi connectivity index (χ0n) is 10.3. The van der Waals surface area contributed by atoms with Gasteiger partial charge in [0.1, 0.15) is 13.2 Å². The molecule has 0 aromatic heterocycles. The molecule has 1 aromatic carbocycles. The normalized spacial score (nSPS) is 15.3. The summed E-state index contributed by atoms with van der Waals surface area (Å²) in [5.41, 5.74) is 1.93. The Morgan fingerprint density at radius 2 is 2.06 bits per heavy atom. The van der Waals surface area contributed by atoms with E-state index in [9.17, 15) is 4.79 Å². The second kappa shape index (κ2) is 5.18. The van der Waals surface area contributed by atoms with Crippen molar-refractivity contribution in [1.29, 1.82) is 0 Å². The standard InChI is InChI=1S/C13H15BrO4/c1-7(13(15)16)5-9-6-10(14)12-11(8(9)2)17-3-4-18-12/h6-7H,3-5H2,1-2H3,(H,15,16). The lowest BCUT2D eigenvalue weighted by Gasteiger charge is -2.23. The van der Waals surface area contributed by atoms with Crippen LogP contribution in [-0.2, 0) is 11.2 Å². The first-order valence-corrected chi connectivity index (χ1v) is 6.60. The minimum atomic E-state index is -0.791. The first-order valence-electron chi connectivity index (χ1n) is 5.81. The van der Waals surface area contributed by atoms with Crippen LogP contribution >= 0.6 is 15.9 Å². The average molecular weight is 315 g/mol. The summed E-state index contributed by atoms with van der Waals surface area (Å²) >= 11 is 3.44. The van der Waals surface area contributed by atoms with Crippen LogP contribution in [0.4, 0.5) is 0 Å². The highest BCUT2D eigenvalue weighted by atomic mass is 79.9. The van der Waals surface area contributed by atoms with E-state index in [1.54, 1.807) is 6.92 Å². The topological polar surface area (TPSA) is 55.8 Å². The van der Waals surface area contributed by atoms with E-state index in [0.717, 1.165) is 21.3 Å². The van der Waals surface area contributed by atoms with Crippen LogP contribution in [0.15, 0.2) is 10.5 Å². The fourth-order valence-electron chi connectivity index (χ4n) is 1.98. The first-order chi connectivity index (χ1) is 8.50. The van der Waals surface area contributed by atoms with Crippen LogP contribution in [0.25, 0.3) is 0 Å². The van der Waals surface area contributed by atoms with E-state index in [2.05, 4.69) is 15.9 Å². The number of aliphatic carboxylic acids is 1. The van der Waals surface area contributed by atoms with E-state index in [1.807, 2.05) is 13.0 Å². The van der Waals surface area contributed by atoms with Crippen LogP contribution in [0.1, 0.15) is 18.1 Å². The van der Waals surface area contributed by atoms with Crippen molar-refractivity contribution < 1.29 is 19.4 Å². The molecule has 0 bridgehead atoms. The Morgan fingerprint density at radius 1 is 1.44 bits per heavy atom. The molecular formula is C13H15BrO4. The molecule has 0 amide bonds. The molecule has 0 saturated heterocycles. The maximum atomic E-state index is 10.9. The van der Waals surface area contributed by atoms with Crippen molar-refractivity contribution in [2.45, 2.75) is 20.3 Å². The zero-order valence-corrected chi connectivity index (χ0v) is 11.9. The van der Waals surface area contributed by atoms with Crippen LogP contribution in [0.2, 0.25) is 0 Å². The van der Waals surface area contributed by atoms with Crippen molar-refractivity contribution in [2.75, 3.05) is 13.2 Å². The highest BCUT2D eigenvalue weighted by Gasteiger charge is 2.22. The van der Waals surface area contributed by atoms with Crippen LogP contribution < -0.4 is 9.47 Å². The Morgan fingerprint density at radius 3 is 2.67 bits per heavy atom. The molecule has 0 fully saturated rings. The van der Waals surface area contributed by atoms with Crippen LogP contribution in [0.3, 0.4) is 0 Å². The highest BCUT2D eigenvalue weighted by Crippen LogP contribution is 2.42. The van der Waals surface area contributed by atoms with Gasteiger partial charge in [0.25, 0.3) is 0 Å². The van der Waals surface area contributed by atoms with Crippen LogP contribution in [0, 0.1) is 12.8 Å². The molecule has 1 unspecified atom stereocenters. The third-order valence-corrected chi connectivity index (χ3v) is 3.66. The molecule has 98 valence electrons. The van der Waals surface area contributed by atoms with E-state index in [0.29, 0.717) is 25.4 Å². The summed E-state index contributed by atoms with van der Waals surface area (Å²) in [6.45, 7) is 4.70. The lowest BCUT2D eigenvalue weighted by Crippen LogP contribution is -2.18. The number of ether oxygens (including phenoxy) is 2. The predicted molar refractivity (Wildman–Crippen MR) is 70.4 cm³/mol. The smallest absolute Gasteiger partial charge is 0.306 e. The molecule has 0 spiro atoms. The van der Waals surface area contributed by atoms with Gasteiger partial charge in [0, 0.05) is 0 Å². The minimum absolute atomic E-state index is 0.418. The number of carboxylic acids is 1. The number of rotatable bonds is 3. The summed E-state index contributed by atoms with van der Waals surface area (Å²) < 4.78 is 12.0. The van der Waals surface area contributed by atoms with Gasteiger partial charge in [-0.15, -0.1) is 0 Å². The number of halogens is 1. The molecule has 1 heterocycles. The maximum Gasteiger partial charge on any atom is 0.306 e. The fourth-order valence-corrected chi connectivity index (χ4v) is 2.55. The Hall–Kier alpha value is -1.23. The summed E-state index contributed by atoms with van der Waals surface area (Å²) in [7, 11) is 0. The minimum Gasteiger partial charge on any atom is -0.486 e. The van der Waals surface area contributed by atoms with Crippen molar-refractivity contribution in [3.8, 4) is 11.5 Å². The van der Waals surface area contributed by atoms with Crippen molar-refractivity contribution in [3.05, 3.63) is 21.7 Å². The Kier molecular flexibility index (Phi) is 3.80. The average Bonchev–Trinajstić information content (AvgIpc) is 2.35. The van der Waals surface area contributed by atoms with Gasteiger partial charge in [-0.1, -0.05) is 6.92 Å². The van der Waals surface area contributed by atoms with E-state index in [1.165, 1.54) is 0 Å². The summed E-state index contributed by atoms with van der Waals surface area (Å²) in [5.74, 6) is 0.229. The van der Waals surface area contributed by atoms with Crippen LogP contribution in [0.5, 0.6) is 11.5 Å². The third kappa shape index (κ3) is 2.46. The van der Waals surface area contributed by atoms with Gasteiger partial charge in [0.05, 0.1) is 10.4 Å². The molecule has 0 radical (unpaired) electrons. The number of hydrogen-bond donors (Lipinski definition) is 1. The molecule has 4 nitrogen and oxygen atoms in total. The van der Waals surface area contributed by atoms with Gasteiger partial charge < -0.3 is 14.6 Å². The number of carbonyl (C=O) groups is 1. The largest absolute Gasteiger partial charge is 0.486 e. The molecule has 1 atom stereocenters. The molecule has 1 N–H and O–H groups in total. The Labute approximate surface area is 114 Å². The lowest BCUT2D eigenvalue weighted by molar-refractivity contribution is -0.141. The number of hydrogen-bond acceptors (Lipinski definition) is 3. The van der Waals surface area contributed by atoms with E-state index < -0.39 is 11.9 Å². The summed E-state index contributed by atoms with van der Waals surface area (Å²) in [6, 6.07) is 1.92. The number of fused-ring (bicyclic) bond motifs is 1. The van der Waals surface area contributed by atoms with Gasteiger partial charge in [0.2, 0.25) is 0 Å². The van der Waals surface area contributed by atoms with E-state index in [4.69, 9.17) is 14.6 Å². The molecule has 1 aliphatic heterocycles. The molecule has 1 aliphatic rings. The second-order valence-electron chi connectivity index (χ2n) is 4.44. The summed E-state index contributed by atoms with van der Waals surface area (Å²) in [6.07, 6.45) is 0.483. The lowest BCUT2D eigenvalue weighted by atomic mass is 9.96. The second-order valence-corrected chi connectivity index (χ2v) is 5.30.